The van der Waals surface area contributed by atoms with E-state index in [1.165, 1.54) is 5.69 Å². The second-order valence-electron chi connectivity index (χ2n) is 9.59. The second kappa shape index (κ2) is 8.72. The topological polar surface area (TPSA) is 100 Å². The quantitative estimate of drug-likeness (QED) is 0.358. The normalized spacial score (nSPS) is 22.0. The number of benzene rings is 1. The Hall–Kier alpha value is -2.88. The maximum atomic E-state index is 13.3. The predicted octanol–water partition coefficient (Wildman–Crippen LogP) is 3.60. The number of H-pyrrole nitrogens is 2. The number of pyridine rings is 1. The molecule has 0 radical (unpaired) electrons. The van der Waals surface area contributed by atoms with Gasteiger partial charge in [0, 0.05) is 37.9 Å². The Labute approximate surface area is 201 Å². The minimum atomic E-state index is -0.219. The molecule has 1 aromatic carbocycles. The van der Waals surface area contributed by atoms with Crippen molar-refractivity contribution in [2.45, 2.75) is 37.8 Å². The number of piperazine rings is 1. The molecule has 2 fully saturated rings. The highest BCUT2D eigenvalue weighted by Gasteiger charge is 2.24. The molecule has 2 aliphatic rings. The number of hydrogen-bond acceptors (Lipinski definition) is 7. The molecule has 1 aliphatic carbocycles. The second-order valence-corrected chi connectivity index (χ2v) is 10.5. The fourth-order valence-electron chi connectivity index (χ4n) is 5.18. The van der Waals surface area contributed by atoms with E-state index < -0.39 is 0 Å². The van der Waals surface area contributed by atoms with Gasteiger partial charge in [-0.1, -0.05) is 0 Å². The maximum absolute atomic E-state index is 13.3. The van der Waals surface area contributed by atoms with Crippen LogP contribution >= 0.6 is 11.3 Å². The number of fused-ring (bicyclic) bond motifs is 2. The van der Waals surface area contributed by atoms with Crippen LogP contribution in [0.1, 0.15) is 25.7 Å². The first kappa shape index (κ1) is 21.6. The fourth-order valence-corrected chi connectivity index (χ4v) is 6.04. The van der Waals surface area contributed by atoms with E-state index in [2.05, 4.69) is 44.3 Å². The van der Waals surface area contributed by atoms with Crippen LogP contribution in [-0.4, -0.2) is 70.3 Å². The van der Waals surface area contributed by atoms with Crippen LogP contribution in [0.15, 0.2) is 34.4 Å². The van der Waals surface area contributed by atoms with Gasteiger partial charge in [0.15, 0.2) is 0 Å². The molecule has 4 N–H and O–H groups in total. The zero-order valence-corrected chi connectivity index (χ0v) is 20.1. The summed E-state index contributed by atoms with van der Waals surface area (Å²) in [6, 6.07) is 8.48. The molecule has 34 heavy (non-hydrogen) atoms. The van der Waals surface area contributed by atoms with E-state index in [1.807, 2.05) is 17.5 Å². The van der Waals surface area contributed by atoms with Crippen molar-refractivity contribution < 1.29 is 5.11 Å². The first-order valence-corrected chi connectivity index (χ1v) is 12.9. The number of rotatable bonds is 4. The molecular formula is C25H30N6O2S. The number of aliphatic hydroxyl groups is 1. The van der Waals surface area contributed by atoms with Gasteiger partial charge in [-0.2, -0.15) is 0 Å². The van der Waals surface area contributed by atoms with Gasteiger partial charge >= 0.3 is 0 Å². The van der Waals surface area contributed by atoms with E-state index in [0.717, 1.165) is 78.8 Å². The van der Waals surface area contributed by atoms with Crippen LogP contribution in [0.3, 0.4) is 0 Å². The summed E-state index contributed by atoms with van der Waals surface area (Å²) < 4.78 is 1.03. The number of hydrogen-bond donors (Lipinski definition) is 4. The number of thiophene rings is 1. The van der Waals surface area contributed by atoms with Crippen LogP contribution in [0.2, 0.25) is 0 Å². The van der Waals surface area contributed by atoms with E-state index in [-0.39, 0.29) is 17.7 Å². The third-order valence-electron chi connectivity index (χ3n) is 7.23. The summed E-state index contributed by atoms with van der Waals surface area (Å²) in [6.45, 7) is 4.11. The summed E-state index contributed by atoms with van der Waals surface area (Å²) in [7, 11) is 2.16. The number of aromatic amines is 2. The molecule has 0 bridgehead atoms. The van der Waals surface area contributed by atoms with Crippen molar-refractivity contribution in [1.29, 1.82) is 0 Å². The Morgan fingerprint density at radius 2 is 1.85 bits per heavy atom. The summed E-state index contributed by atoms with van der Waals surface area (Å²) in [6.07, 6.45) is 3.11. The van der Waals surface area contributed by atoms with Crippen LogP contribution in [0, 0.1) is 0 Å². The summed E-state index contributed by atoms with van der Waals surface area (Å²) in [5.74, 6) is 0.584. The highest BCUT2D eigenvalue weighted by atomic mass is 32.1. The molecule has 4 aromatic rings. The Morgan fingerprint density at radius 3 is 2.65 bits per heavy atom. The smallest absolute Gasteiger partial charge is 0.261 e. The summed E-state index contributed by atoms with van der Waals surface area (Å²) in [5.41, 5.74) is 5.05. The molecule has 9 heteroatoms. The number of aromatic nitrogens is 3. The zero-order valence-electron chi connectivity index (χ0n) is 19.3. The average molecular weight is 479 g/mol. The van der Waals surface area contributed by atoms with Crippen LogP contribution in [0.4, 0.5) is 11.4 Å². The largest absolute Gasteiger partial charge is 0.393 e. The molecule has 0 atom stereocenters. The van der Waals surface area contributed by atoms with Crippen molar-refractivity contribution in [2.75, 3.05) is 43.4 Å². The Balaban J connectivity index is 1.40. The molecule has 0 amide bonds. The van der Waals surface area contributed by atoms with Crippen molar-refractivity contribution in [1.82, 2.24) is 19.9 Å². The van der Waals surface area contributed by atoms with Crippen LogP contribution in [0.25, 0.3) is 32.6 Å². The summed E-state index contributed by atoms with van der Waals surface area (Å²) in [5, 5.41) is 15.6. The van der Waals surface area contributed by atoms with Crippen LogP contribution < -0.4 is 15.8 Å². The van der Waals surface area contributed by atoms with E-state index in [9.17, 15) is 9.90 Å². The van der Waals surface area contributed by atoms with E-state index in [1.54, 1.807) is 11.3 Å². The van der Waals surface area contributed by atoms with Gasteiger partial charge in [0.1, 0.15) is 11.4 Å². The van der Waals surface area contributed by atoms with Gasteiger partial charge in [0.2, 0.25) is 0 Å². The third kappa shape index (κ3) is 3.97. The molecule has 0 spiro atoms. The van der Waals surface area contributed by atoms with Crippen molar-refractivity contribution >= 4 is 44.0 Å². The minimum Gasteiger partial charge on any atom is -0.393 e. The number of nitrogens with one attached hydrogen (secondary N) is 3. The van der Waals surface area contributed by atoms with Crippen molar-refractivity contribution in [2.24, 2.45) is 0 Å². The molecule has 1 aliphatic heterocycles. The minimum absolute atomic E-state index is 0.150. The lowest BCUT2D eigenvalue weighted by Crippen LogP contribution is -2.44. The van der Waals surface area contributed by atoms with Crippen LogP contribution in [-0.2, 0) is 0 Å². The molecule has 4 heterocycles. The predicted molar refractivity (Wildman–Crippen MR) is 139 cm³/mol. The van der Waals surface area contributed by atoms with Gasteiger partial charge in [-0.25, -0.2) is 4.98 Å². The third-order valence-corrected chi connectivity index (χ3v) is 8.17. The molecular weight excluding hydrogens is 448 g/mol. The number of nitrogens with zero attached hydrogens (tertiary/aromatic N) is 3. The highest BCUT2D eigenvalue weighted by Crippen LogP contribution is 2.36. The number of imidazole rings is 1. The molecule has 178 valence electrons. The molecule has 3 aromatic heterocycles. The monoisotopic (exact) mass is 478 g/mol. The summed E-state index contributed by atoms with van der Waals surface area (Å²) >= 11 is 1.61. The van der Waals surface area contributed by atoms with Gasteiger partial charge < -0.3 is 30.2 Å². The molecule has 0 unspecified atom stereocenters. The number of aliphatic hydroxyl groups excluding tert-OH is 1. The van der Waals surface area contributed by atoms with Gasteiger partial charge in [-0.15, -0.1) is 11.3 Å². The lowest BCUT2D eigenvalue weighted by atomic mass is 9.93. The Bertz CT molecular complexity index is 1380. The van der Waals surface area contributed by atoms with E-state index in [0.29, 0.717) is 11.4 Å². The van der Waals surface area contributed by atoms with Crippen molar-refractivity contribution in [3.05, 3.63) is 40.0 Å². The lowest BCUT2D eigenvalue weighted by Gasteiger charge is -2.34. The first-order chi connectivity index (χ1) is 16.5. The number of likely N-dealkylation sites (N-methyl/N-ethyl adjacent to an activating group) is 1. The van der Waals surface area contributed by atoms with Gasteiger partial charge in [0.25, 0.3) is 5.56 Å². The number of anilines is 2. The zero-order chi connectivity index (χ0) is 23.2. The molecule has 8 nitrogen and oxygen atoms in total. The Kier molecular flexibility index (Phi) is 5.55. The molecule has 6 rings (SSSR count). The van der Waals surface area contributed by atoms with E-state index >= 15 is 0 Å². The fraction of sp³-hybridized carbons (Fsp3) is 0.440. The SMILES string of the molecule is CN1CCN(c2ccc3nc(-c4c(N[C@H]5CC[C@H](O)CC5)c5sccc5[nH]c4=O)[nH]c3c2)CC1. The Morgan fingerprint density at radius 1 is 1.06 bits per heavy atom. The van der Waals surface area contributed by atoms with E-state index in [4.69, 9.17) is 4.98 Å². The van der Waals surface area contributed by atoms with Gasteiger partial charge in [-0.3, -0.25) is 4.79 Å². The molecule has 1 saturated carbocycles. The lowest BCUT2D eigenvalue weighted by molar-refractivity contribution is 0.126. The first-order valence-electron chi connectivity index (χ1n) is 12.1. The molecule has 1 saturated heterocycles. The van der Waals surface area contributed by atoms with Crippen LogP contribution in [0.5, 0.6) is 0 Å². The van der Waals surface area contributed by atoms with Crippen molar-refractivity contribution in [3.63, 3.8) is 0 Å². The highest BCUT2D eigenvalue weighted by molar-refractivity contribution is 7.17. The van der Waals surface area contributed by atoms with Crippen molar-refractivity contribution in [3.8, 4) is 11.4 Å². The average Bonchev–Trinajstić information content (AvgIpc) is 3.47. The standard InChI is InChI=1S/C25H30N6O2S/c1-30-9-11-31(12-10-30)16-4-7-18-20(14-16)28-24(27-18)21-22(26-15-2-5-17(32)6-3-15)23-19(8-13-34-23)29-25(21)33/h4,7-8,13-15,17,32H,2-3,5-6,9-12H2,1H3,(H,27,28)(H2,26,29,33)/t15-,17-. The summed E-state index contributed by atoms with van der Waals surface area (Å²) in [4.78, 5) is 29.3. The van der Waals surface area contributed by atoms with Gasteiger partial charge in [-0.05, 0) is 62.4 Å². The maximum Gasteiger partial charge on any atom is 0.261 e. The van der Waals surface area contributed by atoms with Gasteiger partial charge in [0.05, 0.1) is 33.0 Å².